The molecule has 1 aromatic heterocycles. The summed E-state index contributed by atoms with van der Waals surface area (Å²) in [6.07, 6.45) is 0. The van der Waals surface area contributed by atoms with E-state index in [0.717, 1.165) is 5.56 Å². The largest absolute Gasteiger partial charge is 0.497 e. The SMILES string of the molecule is COc1ccc2nc(NS(=O)(=O)c3ccccc3)c(Nc3cc(C)c(Cl)cc3OC)nc2c1. The molecule has 10 heteroatoms. The number of halogens is 1. The van der Waals surface area contributed by atoms with Gasteiger partial charge in [-0.1, -0.05) is 29.8 Å². The van der Waals surface area contributed by atoms with E-state index in [-0.39, 0.29) is 16.5 Å². The molecule has 3 aromatic carbocycles. The highest BCUT2D eigenvalue weighted by Crippen LogP contribution is 2.35. The minimum atomic E-state index is -3.91. The molecule has 0 unspecified atom stereocenters. The van der Waals surface area contributed by atoms with Crippen LogP contribution in [0.1, 0.15) is 5.56 Å². The second-order valence-corrected chi connectivity index (χ2v) is 9.21. The third kappa shape index (κ3) is 4.79. The summed E-state index contributed by atoms with van der Waals surface area (Å²) in [6.45, 7) is 1.85. The highest BCUT2D eigenvalue weighted by Gasteiger charge is 2.20. The zero-order valence-corrected chi connectivity index (χ0v) is 19.7. The second-order valence-electron chi connectivity index (χ2n) is 7.12. The predicted octanol–water partition coefficient (Wildman–Crippen LogP) is 5.15. The number of anilines is 3. The van der Waals surface area contributed by atoms with Gasteiger partial charge in [0.2, 0.25) is 0 Å². The Morgan fingerprint density at radius 3 is 2.30 bits per heavy atom. The van der Waals surface area contributed by atoms with Crippen LogP contribution in [0.15, 0.2) is 65.6 Å². The molecule has 0 aliphatic carbocycles. The molecule has 0 atom stereocenters. The van der Waals surface area contributed by atoms with Gasteiger partial charge in [-0.3, -0.25) is 4.72 Å². The van der Waals surface area contributed by atoms with Gasteiger partial charge < -0.3 is 14.8 Å². The molecule has 4 rings (SSSR count). The van der Waals surface area contributed by atoms with Crippen LogP contribution in [0.5, 0.6) is 11.5 Å². The van der Waals surface area contributed by atoms with Crippen LogP contribution in [0, 0.1) is 6.92 Å². The lowest BCUT2D eigenvalue weighted by Gasteiger charge is -2.16. The Morgan fingerprint density at radius 1 is 0.879 bits per heavy atom. The molecular formula is C23H21ClN4O4S. The Kier molecular flexibility index (Phi) is 6.26. The van der Waals surface area contributed by atoms with Crippen molar-refractivity contribution in [1.29, 1.82) is 0 Å². The van der Waals surface area contributed by atoms with Crippen LogP contribution in [0.3, 0.4) is 0 Å². The van der Waals surface area contributed by atoms with Crippen LogP contribution >= 0.6 is 11.6 Å². The van der Waals surface area contributed by atoms with Gasteiger partial charge in [0.25, 0.3) is 10.0 Å². The van der Waals surface area contributed by atoms with Crippen LogP contribution in [0.25, 0.3) is 11.0 Å². The van der Waals surface area contributed by atoms with Gasteiger partial charge in [-0.2, -0.15) is 0 Å². The molecule has 0 fully saturated rings. The third-order valence-corrected chi connectivity index (χ3v) is 6.65. The standard InChI is InChI=1S/C23H21ClN4O4S/c1-14-11-20(21(32-3)13-17(14)24)27-22-23(28-33(29,30)16-7-5-4-6-8-16)25-18-10-9-15(31-2)12-19(18)26-22/h4-13H,1-3H3,(H,25,28)(H,26,27). The first kappa shape index (κ1) is 22.6. The summed E-state index contributed by atoms with van der Waals surface area (Å²) >= 11 is 6.22. The molecule has 0 aliphatic rings. The van der Waals surface area contributed by atoms with Gasteiger partial charge in [0, 0.05) is 17.2 Å². The average molecular weight is 485 g/mol. The van der Waals surface area contributed by atoms with Crippen molar-refractivity contribution in [3.8, 4) is 11.5 Å². The van der Waals surface area contributed by atoms with Gasteiger partial charge in [0.05, 0.1) is 35.8 Å². The number of ether oxygens (including phenoxy) is 2. The Bertz CT molecular complexity index is 1430. The third-order valence-electron chi connectivity index (χ3n) is 4.89. The van der Waals surface area contributed by atoms with Gasteiger partial charge in [0.1, 0.15) is 11.5 Å². The highest BCUT2D eigenvalue weighted by atomic mass is 35.5. The van der Waals surface area contributed by atoms with Crippen LogP contribution in [0.2, 0.25) is 5.02 Å². The quantitative estimate of drug-likeness (QED) is 0.373. The Labute approximate surface area is 196 Å². The minimum Gasteiger partial charge on any atom is -0.497 e. The number of fused-ring (bicyclic) bond motifs is 1. The van der Waals surface area contributed by atoms with Crippen molar-refractivity contribution in [3.63, 3.8) is 0 Å². The van der Waals surface area contributed by atoms with Crippen molar-refractivity contribution in [2.24, 2.45) is 0 Å². The monoisotopic (exact) mass is 484 g/mol. The van der Waals surface area contributed by atoms with E-state index in [1.165, 1.54) is 19.2 Å². The Hall–Kier alpha value is -3.56. The molecule has 0 amide bonds. The zero-order chi connectivity index (χ0) is 23.6. The number of hydrogen-bond donors (Lipinski definition) is 2. The van der Waals surface area contributed by atoms with Gasteiger partial charge in [-0.25, -0.2) is 18.4 Å². The Morgan fingerprint density at radius 2 is 1.61 bits per heavy atom. The van der Waals surface area contributed by atoms with Crippen LogP contribution in [0.4, 0.5) is 17.3 Å². The molecule has 0 saturated heterocycles. The molecule has 0 radical (unpaired) electrons. The van der Waals surface area contributed by atoms with Gasteiger partial charge in [0.15, 0.2) is 11.6 Å². The maximum atomic E-state index is 13.0. The van der Waals surface area contributed by atoms with E-state index in [1.54, 1.807) is 55.6 Å². The maximum absolute atomic E-state index is 13.0. The van der Waals surface area contributed by atoms with Crippen molar-refractivity contribution in [3.05, 3.63) is 71.2 Å². The number of benzene rings is 3. The van der Waals surface area contributed by atoms with E-state index in [0.29, 0.717) is 33.2 Å². The average Bonchev–Trinajstić information content (AvgIpc) is 2.81. The summed E-state index contributed by atoms with van der Waals surface area (Å²) in [4.78, 5) is 9.23. The minimum absolute atomic E-state index is 0.0335. The van der Waals surface area contributed by atoms with E-state index < -0.39 is 10.0 Å². The van der Waals surface area contributed by atoms with E-state index in [1.807, 2.05) is 6.92 Å². The molecule has 33 heavy (non-hydrogen) atoms. The number of sulfonamides is 1. The van der Waals surface area contributed by atoms with Gasteiger partial charge in [-0.15, -0.1) is 0 Å². The van der Waals surface area contributed by atoms with Crippen LogP contribution in [-0.4, -0.2) is 32.6 Å². The lowest BCUT2D eigenvalue weighted by atomic mass is 10.2. The fourth-order valence-corrected chi connectivity index (χ4v) is 4.35. The molecule has 0 aliphatic heterocycles. The van der Waals surface area contributed by atoms with Crippen LogP contribution < -0.4 is 19.5 Å². The lowest BCUT2D eigenvalue weighted by Crippen LogP contribution is -2.16. The first-order chi connectivity index (χ1) is 15.8. The summed E-state index contributed by atoms with van der Waals surface area (Å²) in [5.41, 5.74) is 2.37. The number of aromatic nitrogens is 2. The zero-order valence-electron chi connectivity index (χ0n) is 18.1. The number of nitrogens with zero attached hydrogens (tertiary/aromatic N) is 2. The fraction of sp³-hybridized carbons (Fsp3) is 0.130. The van der Waals surface area contributed by atoms with Crippen LogP contribution in [-0.2, 0) is 10.0 Å². The van der Waals surface area contributed by atoms with E-state index >= 15 is 0 Å². The first-order valence-electron chi connectivity index (χ1n) is 9.85. The summed E-state index contributed by atoms with van der Waals surface area (Å²) in [5, 5.41) is 3.68. The second kappa shape index (κ2) is 9.13. The first-order valence-corrected chi connectivity index (χ1v) is 11.7. The van der Waals surface area contributed by atoms with E-state index in [4.69, 9.17) is 21.1 Å². The molecule has 170 valence electrons. The highest BCUT2D eigenvalue weighted by molar-refractivity contribution is 7.92. The smallest absolute Gasteiger partial charge is 0.263 e. The molecule has 2 N–H and O–H groups in total. The Balaban J connectivity index is 1.85. The molecular weight excluding hydrogens is 464 g/mol. The van der Waals surface area contributed by atoms with E-state index in [9.17, 15) is 8.42 Å². The number of nitrogens with one attached hydrogen (secondary N) is 2. The topological polar surface area (TPSA) is 102 Å². The van der Waals surface area contributed by atoms with Crippen molar-refractivity contribution >= 4 is 50.0 Å². The molecule has 8 nitrogen and oxygen atoms in total. The molecule has 0 saturated carbocycles. The fourth-order valence-electron chi connectivity index (χ4n) is 3.16. The molecule has 0 bridgehead atoms. The van der Waals surface area contributed by atoms with Crippen molar-refractivity contribution < 1.29 is 17.9 Å². The molecule has 4 aromatic rings. The van der Waals surface area contributed by atoms with E-state index in [2.05, 4.69) is 20.0 Å². The number of aryl methyl sites for hydroxylation is 1. The van der Waals surface area contributed by atoms with Crippen molar-refractivity contribution in [2.45, 2.75) is 11.8 Å². The number of rotatable bonds is 7. The number of methoxy groups -OCH3 is 2. The molecule has 1 heterocycles. The summed E-state index contributed by atoms with van der Waals surface area (Å²) in [6, 6.07) is 16.6. The van der Waals surface area contributed by atoms with Gasteiger partial charge >= 0.3 is 0 Å². The predicted molar refractivity (Wildman–Crippen MR) is 129 cm³/mol. The normalized spacial score (nSPS) is 11.3. The molecule has 0 spiro atoms. The summed E-state index contributed by atoms with van der Waals surface area (Å²) in [7, 11) is -0.841. The van der Waals surface area contributed by atoms with Gasteiger partial charge in [-0.05, 0) is 42.8 Å². The summed E-state index contributed by atoms with van der Waals surface area (Å²) in [5.74, 6) is 1.29. The summed E-state index contributed by atoms with van der Waals surface area (Å²) < 4.78 is 39.3. The maximum Gasteiger partial charge on any atom is 0.263 e. The lowest BCUT2D eigenvalue weighted by molar-refractivity contribution is 0.415. The van der Waals surface area contributed by atoms with Crippen molar-refractivity contribution in [1.82, 2.24) is 9.97 Å². The number of hydrogen-bond acceptors (Lipinski definition) is 7. The van der Waals surface area contributed by atoms with Crippen molar-refractivity contribution in [2.75, 3.05) is 24.3 Å².